The monoisotopic (exact) mass is 382 g/mol. The van der Waals surface area contributed by atoms with Crippen molar-refractivity contribution >= 4 is 17.5 Å². The molecule has 1 aliphatic carbocycles. The molecule has 1 N–H and O–H groups in total. The third-order valence-corrected chi connectivity index (χ3v) is 6.28. The highest BCUT2D eigenvalue weighted by Crippen LogP contribution is 2.30. The lowest BCUT2D eigenvalue weighted by Crippen LogP contribution is -2.44. The predicted molar refractivity (Wildman–Crippen MR) is 110 cm³/mol. The molecule has 0 bridgehead atoms. The number of fused-ring (bicyclic) bond motifs is 1. The van der Waals surface area contributed by atoms with Crippen LogP contribution in [0.5, 0.6) is 0 Å². The van der Waals surface area contributed by atoms with Crippen molar-refractivity contribution in [2.45, 2.75) is 44.7 Å². The highest BCUT2D eigenvalue weighted by molar-refractivity contribution is 6.31. The molecule has 0 spiro atoms. The van der Waals surface area contributed by atoms with Crippen LogP contribution in [0.3, 0.4) is 0 Å². The van der Waals surface area contributed by atoms with Crippen LogP contribution in [0.1, 0.15) is 48.4 Å². The van der Waals surface area contributed by atoms with Crippen LogP contribution in [0.25, 0.3) is 0 Å². The summed E-state index contributed by atoms with van der Waals surface area (Å²) in [5.74, 6) is 0.274. The lowest BCUT2D eigenvalue weighted by Gasteiger charge is -2.34. The molecule has 0 aromatic heterocycles. The summed E-state index contributed by atoms with van der Waals surface area (Å²) in [4.78, 5) is 15.3. The van der Waals surface area contributed by atoms with Crippen molar-refractivity contribution < 1.29 is 4.79 Å². The van der Waals surface area contributed by atoms with Gasteiger partial charge < -0.3 is 5.32 Å². The number of halogens is 1. The zero-order chi connectivity index (χ0) is 18.6. The van der Waals surface area contributed by atoms with Crippen LogP contribution in [-0.4, -0.2) is 23.9 Å². The van der Waals surface area contributed by atoms with Crippen LogP contribution in [0, 0.1) is 5.92 Å². The van der Waals surface area contributed by atoms with E-state index < -0.39 is 0 Å². The zero-order valence-electron chi connectivity index (χ0n) is 15.7. The number of hydrogen-bond donors (Lipinski definition) is 1. The van der Waals surface area contributed by atoms with Crippen molar-refractivity contribution in [1.29, 1.82) is 0 Å². The maximum absolute atomic E-state index is 13.0. The van der Waals surface area contributed by atoms with Gasteiger partial charge in [0.1, 0.15) is 0 Å². The van der Waals surface area contributed by atoms with E-state index >= 15 is 0 Å². The van der Waals surface area contributed by atoms with E-state index in [9.17, 15) is 4.79 Å². The van der Waals surface area contributed by atoms with Gasteiger partial charge in [-0.15, -0.1) is 0 Å². The average Bonchev–Trinajstić information content (AvgIpc) is 2.70. The number of nitrogens with zero attached hydrogens (tertiary/aromatic N) is 1. The van der Waals surface area contributed by atoms with Crippen LogP contribution >= 0.6 is 11.6 Å². The Kier molecular flexibility index (Phi) is 5.80. The van der Waals surface area contributed by atoms with E-state index in [1.807, 2.05) is 18.2 Å². The summed E-state index contributed by atoms with van der Waals surface area (Å²) in [5.41, 5.74) is 3.83. The first kappa shape index (κ1) is 18.5. The van der Waals surface area contributed by atoms with Crippen LogP contribution in [0.4, 0.5) is 0 Å². The van der Waals surface area contributed by atoms with Crippen molar-refractivity contribution in [3.05, 3.63) is 70.2 Å². The number of amides is 1. The third kappa shape index (κ3) is 4.36. The zero-order valence-corrected chi connectivity index (χ0v) is 16.4. The van der Waals surface area contributed by atoms with Gasteiger partial charge in [-0.05, 0) is 61.4 Å². The lowest BCUT2D eigenvalue weighted by molar-refractivity contribution is -0.127. The van der Waals surface area contributed by atoms with E-state index in [2.05, 4.69) is 40.5 Å². The van der Waals surface area contributed by atoms with Crippen molar-refractivity contribution in [3.63, 3.8) is 0 Å². The minimum atomic E-state index is 0.0651. The summed E-state index contributed by atoms with van der Waals surface area (Å²) < 4.78 is 0. The van der Waals surface area contributed by atoms with Gasteiger partial charge in [0.15, 0.2) is 0 Å². The third-order valence-electron chi connectivity index (χ3n) is 5.91. The Morgan fingerprint density at radius 1 is 1.07 bits per heavy atom. The van der Waals surface area contributed by atoms with Crippen molar-refractivity contribution in [2.24, 2.45) is 5.92 Å². The predicted octanol–water partition coefficient (Wildman–Crippen LogP) is 4.75. The van der Waals surface area contributed by atoms with Gasteiger partial charge in [-0.3, -0.25) is 9.69 Å². The molecule has 1 saturated heterocycles. The van der Waals surface area contributed by atoms with Crippen molar-refractivity contribution in [3.8, 4) is 0 Å². The highest BCUT2D eigenvalue weighted by Gasteiger charge is 2.29. The van der Waals surface area contributed by atoms with E-state index in [-0.39, 0.29) is 17.9 Å². The summed E-state index contributed by atoms with van der Waals surface area (Å²) in [6.45, 7) is 2.66. The Bertz CT molecular complexity index is 806. The molecule has 1 amide bonds. The molecule has 1 fully saturated rings. The fraction of sp³-hybridized carbons (Fsp3) is 0.435. The number of aryl methyl sites for hydroxylation is 1. The van der Waals surface area contributed by atoms with E-state index in [0.717, 1.165) is 62.3 Å². The molecule has 4 heteroatoms. The number of piperidine rings is 1. The van der Waals surface area contributed by atoms with Gasteiger partial charge in [-0.25, -0.2) is 0 Å². The molecule has 1 aliphatic heterocycles. The second-order valence-electron chi connectivity index (χ2n) is 7.82. The summed E-state index contributed by atoms with van der Waals surface area (Å²) in [7, 11) is 0. The molecule has 2 unspecified atom stereocenters. The average molecular weight is 383 g/mol. The Balaban J connectivity index is 1.39. The largest absolute Gasteiger partial charge is 0.349 e. The SMILES string of the molecule is O=C(NC1CCCc2ccccc21)C1CCCN(Cc2ccccc2Cl)C1. The van der Waals surface area contributed by atoms with E-state index in [4.69, 9.17) is 11.6 Å². The molecule has 1 heterocycles. The van der Waals surface area contributed by atoms with E-state index in [1.54, 1.807) is 0 Å². The Labute approximate surface area is 166 Å². The smallest absolute Gasteiger partial charge is 0.224 e. The molecule has 142 valence electrons. The quantitative estimate of drug-likeness (QED) is 0.827. The number of rotatable bonds is 4. The number of hydrogen-bond acceptors (Lipinski definition) is 2. The van der Waals surface area contributed by atoms with Gasteiger partial charge in [0.05, 0.1) is 12.0 Å². The molecule has 0 saturated carbocycles. The number of carbonyl (C=O) groups is 1. The summed E-state index contributed by atoms with van der Waals surface area (Å²) >= 11 is 6.31. The van der Waals surface area contributed by atoms with E-state index in [1.165, 1.54) is 11.1 Å². The Morgan fingerprint density at radius 2 is 1.89 bits per heavy atom. The highest BCUT2D eigenvalue weighted by atomic mass is 35.5. The topological polar surface area (TPSA) is 32.3 Å². The first-order chi connectivity index (χ1) is 13.2. The van der Waals surface area contributed by atoms with E-state index in [0.29, 0.717) is 0 Å². The lowest BCUT2D eigenvalue weighted by atomic mass is 9.87. The maximum atomic E-state index is 13.0. The van der Waals surface area contributed by atoms with Crippen molar-refractivity contribution in [1.82, 2.24) is 10.2 Å². The molecule has 0 radical (unpaired) electrons. The van der Waals surface area contributed by atoms with Gasteiger partial charge in [0, 0.05) is 18.1 Å². The van der Waals surface area contributed by atoms with Gasteiger partial charge in [-0.2, -0.15) is 0 Å². The van der Waals surface area contributed by atoms with Gasteiger partial charge in [-0.1, -0.05) is 54.1 Å². The van der Waals surface area contributed by atoms with Crippen molar-refractivity contribution in [2.75, 3.05) is 13.1 Å². The van der Waals surface area contributed by atoms with Crippen LogP contribution in [0.15, 0.2) is 48.5 Å². The Morgan fingerprint density at radius 3 is 2.78 bits per heavy atom. The first-order valence-electron chi connectivity index (χ1n) is 10.0. The van der Waals surface area contributed by atoms with Gasteiger partial charge in [0.2, 0.25) is 5.91 Å². The second kappa shape index (κ2) is 8.45. The summed E-state index contributed by atoms with van der Waals surface area (Å²) in [6.07, 6.45) is 5.34. The Hall–Kier alpha value is -1.84. The standard InChI is InChI=1S/C23H27ClN2O/c24-21-12-4-2-8-18(21)15-26-14-6-10-19(16-26)23(27)25-22-13-5-9-17-7-1-3-11-20(17)22/h1-4,7-8,11-12,19,22H,5-6,9-10,13-16H2,(H,25,27). The molecule has 2 aromatic rings. The van der Waals surface area contributed by atoms with Gasteiger partial charge >= 0.3 is 0 Å². The minimum absolute atomic E-state index is 0.0651. The normalized spacial score (nSPS) is 22.9. The number of nitrogens with one attached hydrogen (secondary N) is 1. The number of likely N-dealkylation sites (tertiary alicyclic amines) is 1. The summed E-state index contributed by atoms with van der Waals surface area (Å²) in [5, 5.41) is 4.16. The molecule has 2 aromatic carbocycles. The molecule has 2 atom stereocenters. The molecule has 27 heavy (non-hydrogen) atoms. The fourth-order valence-corrected chi connectivity index (χ4v) is 4.67. The van der Waals surface area contributed by atoms with Crippen LogP contribution in [-0.2, 0) is 17.8 Å². The molecular weight excluding hydrogens is 356 g/mol. The summed E-state index contributed by atoms with van der Waals surface area (Å²) in [6, 6.07) is 16.7. The maximum Gasteiger partial charge on any atom is 0.224 e. The number of carbonyl (C=O) groups excluding carboxylic acids is 1. The first-order valence-corrected chi connectivity index (χ1v) is 10.4. The minimum Gasteiger partial charge on any atom is -0.349 e. The fourth-order valence-electron chi connectivity index (χ4n) is 4.47. The van der Waals surface area contributed by atoms with Crippen LogP contribution in [0.2, 0.25) is 5.02 Å². The molecule has 2 aliphatic rings. The number of benzene rings is 2. The molecule has 4 rings (SSSR count). The van der Waals surface area contributed by atoms with Crippen LogP contribution < -0.4 is 5.32 Å². The van der Waals surface area contributed by atoms with Gasteiger partial charge in [0.25, 0.3) is 0 Å². The molecular formula is C23H27ClN2O. The second-order valence-corrected chi connectivity index (χ2v) is 8.23. The molecule has 3 nitrogen and oxygen atoms in total.